The first-order chi connectivity index (χ1) is 12.4. The van der Waals surface area contributed by atoms with E-state index < -0.39 is 0 Å². The molecule has 2 nitrogen and oxygen atoms in total. The molecule has 0 heterocycles. The molecule has 0 spiro atoms. The van der Waals surface area contributed by atoms with E-state index in [2.05, 4.69) is 88.5 Å². The van der Waals surface area contributed by atoms with E-state index in [0.717, 1.165) is 17.7 Å². The molecule has 0 bridgehead atoms. The number of hydrogen-bond donors (Lipinski definition) is 1. The standard InChI is InChI=1S/C24H28N2/c1-15-11-17(3)24(18(4)12-15)26-25-14-21-9-7-8-10-22(21)23-13-16(2)19(5)20(23)6/h7-12,14,26H,13H2,1-6H3/b25-14+. The Morgan fingerprint density at radius 2 is 1.54 bits per heavy atom. The van der Waals surface area contributed by atoms with Crippen molar-refractivity contribution >= 4 is 17.5 Å². The molecule has 26 heavy (non-hydrogen) atoms. The first-order valence-electron chi connectivity index (χ1n) is 9.21. The van der Waals surface area contributed by atoms with Crippen LogP contribution in [-0.4, -0.2) is 6.21 Å². The Bertz CT molecular complexity index is 919. The van der Waals surface area contributed by atoms with Crippen LogP contribution in [-0.2, 0) is 0 Å². The summed E-state index contributed by atoms with van der Waals surface area (Å²) in [5, 5.41) is 4.55. The summed E-state index contributed by atoms with van der Waals surface area (Å²) in [6.07, 6.45) is 2.98. The highest BCUT2D eigenvalue weighted by atomic mass is 15.3. The number of hydrazone groups is 1. The summed E-state index contributed by atoms with van der Waals surface area (Å²) in [6.45, 7) is 13.0. The second-order valence-corrected chi connectivity index (χ2v) is 7.42. The highest BCUT2D eigenvalue weighted by Crippen LogP contribution is 2.38. The molecule has 0 aliphatic heterocycles. The minimum absolute atomic E-state index is 1.03. The highest BCUT2D eigenvalue weighted by molar-refractivity contribution is 5.91. The van der Waals surface area contributed by atoms with Crippen LogP contribution in [0.4, 0.5) is 5.69 Å². The quantitative estimate of drug-likeness (QED) is 0.492. The van der Waals surface area contributed by atoms with Crippen LogP contribution < -0.4 is 5.43 Å². The van der Waals surface area contributed by atoms with Crippen LogP contribution >= 0.6 is 0 Å². The average molecular weight is 345 g/mol. The smallest absolute Gasteiger partial charge is 0.0620 e. The van der Waals surface area contributed by atoms with Crippen molar-refractivity contribution in [3.8, 4) is 0 Å². The minimum Gasteiger partial charge on any atom is -0.278 e. The molecule has 1 aliphatic carbocycles. The van der Waals surface area contributed by atoms with Gasteiger partial charge in [0.1, 0.15) is 0 Å². The molecule has 3 rings (SSSR count). The third-order valence-corrected chi connectivity index (χ3v) is 5.44. The lowest BCUT2D eigenvalue weighted by molar-refractivity contribution is 1.22. The maximum atomic E-state index is 4.55. The van der Waals surface area contributed by atoms with Gasteiger partial charge in [0.05, 0.1) is 11.9 Å². The summed E-state index contributed by atoms with van der Waals surface area (Å²) in [5.41, 5.74) is 16.2. The normalized spacial score (nSPS) is 14.7. The third kappa shape index (κ3) is 3.50. The predicted octanol–water partition coefficient (Wildman–Crippen LogP) is 6.57. The van der Waals surface area contributed by atoms with Gasteiger partial charge in [0, 0.05) is 5.56 Å². The molecule has 0 amide bonds. The van der Waals surface area contributed by atoms with Gasteiger partial charge in [-0.3, -0.25) is 5.43 Å². The van der Waals surface area contributed by atoms with Crippen molar-refractivity contribution in [3.05, 3.63) is 80.9 Å². The Kier molecular flexibility index (Phi) is 5.13. The zero-order chi connectivity index (χ0) is 18.8. The Balaban J connectivity index is 1.88. The number of rotatable bonds is 4. The monoisotopic (exact) mass is 344 g/mol. The molecular weight excluding hydrogens is 316 g/mol. The lowest BCUT2D eigenvalue weighted by Gasteiger charge is -2.11. The Morgan fingerprint density at radius 1 is 0.885 bits per heavy atom. The van der Waals surface area contributed by atoms with Crippen LogP contribution in [0.2, 0.25) is 0 Å². The van der Waals surface area contributed by atoms with Gasteiger partial charge in [-0.1, -0.05) is 47.5 Å². The van der Waals surface area contributed by atoms with Crippen molar-refractivity contribution in [2.24, 2.45) is 5.10 Å². The molecule has 0 radical (unpaired) electrons. The molecule has 2 aromatic rings. The topological polar surface area (TPSA) is 24.4 Å². The first kappa shape index (κ1) is 18.2. The Hall–Kier alpha value is -2.61. The SMILES string of the molecule is CC1=C(C)C(C)=C(c2ccccc2/C=N/Nc2c(C)cc(C)cc2C)C1. The van der Waals surface area contributed by atoms with Gasteiger partial charge in [0.15, 0.2) is 0 Å². The Morgan fingerprint density at radius 3 is 2.15 bits per heavy atom. The van der Waals surface area contributed by atoms with Gasteiger partial charge in [0.2, 0.25) is 0 Å². The molecule has 1 aliphatic rings. The second kappa shape index (κ2) is 7.33. The molecule has 1 N–H and O–H groups in total. The van der Waals surface area contributed by atoms with Crippen LogP contribution in [0.3, 0.4) is 0 Å². The van der Waals surface area contributed by atoms with E-state index >= 15 is 0 Å². The minimum atomic E-state index is 1.03. The van der Waals surface area contributed by atoms with Gasteiger partial charge in [-0.15, -0.1) is 0 Å². The maximum Gasteiger partial charge on any atom is 0.0620 e. The van der Waals surface area contributed by atoms with Crippen LogP contribution in [0, 0.1) is 20.8 Å². The fourth-order valence-corrected chi connectivity index (χ4v) is 3.78. The van der Waals surface area contributed by atoms with Crippen molar-refractivity contribution in [3.63, 3.8) is 0 Å². The number of hydrogen-bond acceptors (Lipinski definition) is 2. The molecule has 2 aromatic carbocycles. The van der Waals surface area contributed by atoms with Crippen LogP contribution in [0.1, 0.15) is 55.0 Å². The summed E-state index contributed by atoms with van der Waals surface area (Å²) < 4.78 is 0. The Labute approximate surface area is 157 Å². The maximum absolute atomic E-state index is 4.55. The molecule has 0 saturated carbocycles. The van der Waals surface area contributed by atoms with E-state index in [1.54, 1.807) is 0 Å². The predicted molar refractivity (Wildman–Crippen MR) is 114 cm³/mol. The van der Waals surface area contributed by atoms with E-state index in [0.29, 0.717) is 0 Å². The summed E-state index contributed by atoms with van der Waals surface area (Å²) in [5.74, 6) is 0. The highest BCUT2D eigenvalue weighted by Gasteiger charge is 2.18. The molecule has 134 valence electrons. The van der Waals surface area contributed by atoms with E-state index in [1.165, 1.54) is 44.5 Å². The van der Waals surface area contributed by atoms with Crippen molar-refractivity contribution in [2.45, 2.75) is 48.0 Å². The summed E-state index contributed by atoms with van der Waals surface area (Å²) >= 11 is 0. The average Bonchev–Trinajstić information content (AvgIpc) is 2.85. The van der Waals surface area contributed by atoms with E-state index in [9.17, 15) is 0 Å². The number of benzene rings is 2. The van der Waals surface area contributed by atoms with Crippen LogP contribution in [0.25, 0.3) is 5.57 Å². The van der Waals surface area contributed by atoms with E-state index in [4.69, 9.17) is 0 Å². The van der Waals surface area contributed by atoms with Gasteiger partial charge in [-0.2, -0.15) is 5.10 Å². The van der Waals surface area contributed by atoms with Crippen molar-refractivity contribution < 1.29 is 0 Å². The molecule has 0 fully saturated rings. The largest absolute Gasteiger partial charge is 0.278 e. The number of anilines is 1. The summed E-state index contributed by atoms with van der Waals surface area (Å²) in [4.78, 5) is 0. The van der Waals surface area contributed by atoms with Gasteiger partial charge < -0.3 is 0 Å². The van der Waals surface area contributed by atoms with Crippen molar-refractivity contribution in [2.75, 3.05) is 5.43 Å². The lowest BCUT2D eigenvalue weighted by atomic mass is 9.96. The molecule has 2 heteroatoms. The molecule has 0 atom stereocenters. The van der Waals surface area contributed by atoms with Gasteiger partial charge in [0.25, 0.3) is 0 Å². The van der Waals surface area contributed by atoms with Crippen LogP contribution in [0.15, 0.2) is 58.2 Å². The molecule has 0 aromatic heterocycles. The van der Waals surface area contributed by atoms with Crippen LogP contribution in [0.5, 0.6) is 0 Å². The zero-order valence-electron chi connectivity index (χ0n) is 16.7. The van der Waals surface area contributed by atoms with Gasteiger partial charge in [-0.25, -0.2) is 0 Å². The lowest BCUT2D eigenvalue weighted by Crippen LogP contribution is -1.99. The molecule has 0 saturated heterocycles. The van der Waals surface area contributed by atoms with Gasteiger partial charge >= 0.3 is 0 Å². The fraction of sp³-hybridized carbons (Fsp3) is 0.292. The summed E-state index contributed by atoms with van der Waals surface area (Å²) in [7, 11) is 0. The number of nitrogens with zero attached hydrogens (tertiary/aromatic N) is 1. The molecule has 0 unspecified atom stereocenters. The fourth-order valence-electron chi connectivity index (χ4n) is 3.78. The number of aryl methyl sites for hydroxylation is 3. The van der Waals surface area contributed by atoms with Crippen molar-refractivity contribution in [1.29, 1.82) is 0 Å². The van der Waals surface area contributed by atoms with Gasteiger partial charge in [-0.05, 0) is 81.4 Å². The zero-order valence-corrected chi connectivity index (χ0v) is 16.7. The van der Waals surface area contributed by atoms with Crippen molar-refractivity contribution in [1.82, 2.24) is 0 Å². The van der Waals surface area contributed by atoms with E-state index in [-0.39, 0.29) is 0 Å². The summed E-state index contributed by atoms with van der Waals surface area (Å²) in [6, 6.07) is 12.9. The van der Waals surface area contributed by atoms with E-state index in [1.807, 2.05) is 6.21 Å². The first-order valence-corrected chi connectivity index (χ1v) is 9.21. The third-order valence-electron chi connectivity index (χ3n) is 5.44. The molecular formula is C24H28N2. The second-order valence-electron chi connectivity index (χ2n) is 7.42. The number of nitrogens with one attached hydrogen (secondary N) is 1. The number of allylic oxidation sites excluding steroid dienone is 4.